The second-order valence-electron chi connectivity index (χ2n) is 2.29. The Kier molecular flexibility index (Phi) is 5.80. The molecule has 0 aromatic rings. The largest absolute Gasteiger partial charge is 0.494 e. The summed E-state index contributed by atoms with van der Waals surface area (Å²) in [5.74, 6) is 0.854. The maximum absolute atomic E-state index is 5.37. The zero-order valence-electron chi connectivity index (χ0n) is 7.84. The van der Waals surface area contributed by atoms with Crippen molar-refractivity contribution in [3.63, 3.8) is 0 Å². The van der Waals surface area contributed by atoms with Crippen LogP contribution in [0.5, 0.6) is 0 Å². The van der Waals surface area contributed by atoms with E-state index in [4.69, 9.17) is 4.74 Å². The fourth-order valence-corrected chi connectivity index (χ4v) is 0.815. The van der Waals surface area contributed by atoms with Crippen molar-refractivity contribution in [2.45, 2.75) is 13.8 Å². The standard InChI is InChI=1S/C11H16O/c1-5-8-10(4)11(9-6-2)12-7-3/h5-6,8-9H,1-2,7H2,3-4H3/b10-8-,11-9+. The topological polar surface area (TPSA) is 9.23 Å². The van der Waals surface area contributed by atoms with Gasteiger partial charge >= 0.3 is 0 Å². The smallest absolute Gasteiger partial charge is 0.122 e. The molecule has 0 N–H and O–H groups in total. The van der Waals surface area contributed by atoms with E-state index in [1.165, 1.54) is 0 Å². The Morgan fingerprint density at radius 3 is 2.25 bits per heavy atom. The zero-order chi connectivity index (χ0) is 9.40. The summed E-state index contributed by atoms with van der Waals surface area (Å²) in [6, 6.07) is 0. The molecule has 0 saturated carbocycles. The highest BCUT2D eigenvalue weighted by Gasteiger charge is 1.96. The first-order valence-electron chi connectivity index (χ1n) is 4.01. The highest BCUT2D eigenvalue weighted by atomic mass is 16.5. The normalized spacial score (nSPS) is 12.5. The Morgan fingerprint density at radius 2 is 1.83 bits per heavy atom. The number of rotatable bonds is 5. The predicted octanol–water partition coefficient (Wildman–Crippen LogP) is 3.23. The predicted molar refractivity (Wildman–Crippen MR) is 53.9 cm³/mol. The Balaban J connectivity index is 4.49. The molecule has 0 aliphatic rings. The maximum atomic E-state index is 5.37. The SMILES string of the molecule is C=C/C=C(C)\C(=C/C=C)OCC. The van der Waals surface area contributed by atoms with Crippen molar-refractivity contribution in [2.75, 3.05) is 6.61 Å². The van der Waals surface area contributed by atoms with Crippen LogP contribution in [-0.2, 0) is 4.74 Å². The van der Waals surface area contributed by atoms with E-state index in [2.05, 4.69) is 13.2 Å². The Hall–Kier alpha value is -1.24. The van der Waals surface area contributed by atoms with E-state index in [9.17, 15) is 0 Å². The lowest BCUT2D eigenvalue weighted by atomic mass is 10.2. The Labute approximate surface area is 74.7 Å². The van der Waals surface area contributed by atoms with Crippen LogP contribution < -0.4 is 0 Å². The summed E-state index contributed by atoms with van der Waals surface area (Å²) in [5, 5.41) is 0. The van der Waals surface area contributed by atoms with Crippen LogP contribution >= 0.6 is 0 Å². The fourth-order valence-electron chi connectivity index (χ4n) is 0.815. The van der Waals surface area contributed by atoms with Crippen LogP contribution in [-0.4, -0.2) is 6.61 Å². The molecular weight excluding hydrogens is 148 g/mol. The van der Waals surface area contributed by atoms with Gasteiger partial charge in [-0.25, -0.2) is 0 Å². The second kappa shape index (κ2) is 6.47. The van der Waals surface area contributed by atoms with E-state index >= 15 is 0 Å². The Bertz CT molecular complexity index is 209. The van der Waals surface area contributed by atoms with Crippen LogP contribution in [0.4, 0.5) is 0 Å². The lowest BCUT2D eigenvalue weighted by Crippen LogP contribution is -1.92. The maximum Gasteiger partial charge on any atom is 0.122 e. The van der Waals surface area contributed by atoms with Gasteiger partial charge < -0.3 is 4.74 Å². The van der Waals surface area contributed by atoms with E-state index in [1.807, 2.05) is 26.0 Å². The van der Waals surface area contributed by atoms with Gasteiger partial charge in [-0.15, -0.1) is 0 Å². The molecule has 0 spiro atoms. The molecule has 0 aromatic carbocycles. The first-order chi connectivity index (χ1) is 5.76. The molecule has 0 aliphatic heterocycles. The first-order valence-corrected chi connectivity index (χ1v) is 4.01. The fraction of sp³-hybridized carbons (Fsp3) is 0.273. The summed E-state index contributed by atoms with van der Waals surface area (Å²) in [6.07, 6.45) is 7.21. The van der Waals surface area contributed by atoms with Crippen molar-refractivity contribution in [2.24, 2.45) is 0 Å². The van der Waals surface area contributed by atoms with Gasteiger partial charge in [-0.2, -0.15) is 0 Å². The zero-order valence-corrected chi connectivity index (χ0v) is 7.84. The molecule has 0 amide bonds. The van der Waals surface area contributed by atoms with Gasteiger partial charge in [-0.1, -0.05) is 31.4 Å². The average molecular weight is 164 g/mol. The molecule has 0 radical (unpaired) electrons. The molecule has 0 saturated heterocycles. The van der Waals surface area contributed by atoms with Crippen LogP contribution in [0, 0.1) is 0 Å². The lowest BCUT2D eigenvalue weighted by molar-refractivity contribution is 0.238. The van der Waals surface area contributed by atoms with Crippen molar-refractivity contribution < 1.29 is 4.74 Å². The number of ether oxygens (including phenoxy) is 1. The minimum absolute atomic E-state index is 0.669. The van der Waals surface area contributed by atoms with Gasteiger partial charge in [0.1, 0.15) is 5.76 Å². The quantitative estimate of drug-likeness (QED) is 0.448. The summed E-state index contributed by atoms with van der Waals surface area (Å²) in [7, 11) is 0. The number of hydrogen-bond donors (Lipinski definition) is 0. The third-order valence-electron chi connectivity index (χ3n) is 1.33. The third kappa shape index (κ3) is 3.81. The van der Waals surface area contributed by atoms with Crippen LogP contribution in [0.15, 0.2) is 48.8 Å². The molecule has 0 aromatic heterocycles. The lowest BCUT2D eigenvalue weighted by Gasteiger charge is -2.07. The van der Waals surface area contributed by atoms with Crippen molar-refractivity contribution >= 4 is 0 Å². The molecule has 66 valence electrons. The molecule has 1 heteroatoms. The molecule has 0 rings (SSSR count). The van der Waals surface area contributed by atoms with Crippen molar-refractivity contribution in [1.82, 2.24) is 0 Å². The molecule has 0 atom stereocenters. The number of allylic oxidation sites excluding steroid dienone is 5. The molecule has 1 nitrogen and oxygen atoms in total. The van der Waals surface area contributed by atoms with Crippen LogP contribution in [0.25, 0.3) is 0 Å². The van der Waals surface area contributed by atoms with Crippen LogP contribution in [0.1, 0.15) is 13.8 Å². The van der Waals surface area contributed by atoms with Crippen molar-refractivity contribution in [1.29, 1.82) is 0 Å². The van der Waals surface area contributed by atoms with Crippen molar-refractivity contribution in [3.05, 3.63) is 48.8 Å². The van der Waals surface area contributed by atoms with Gasteiger partial charge in [-0.3, -0.25) is 0 Å². The summed E-state index contributed by atoms with van der Waals surface area (Å²) >= 11 is 0. The van der Waals surface area contributed by atoms with Crippen molar-refractivity contribution in [3.8, 4) is 0 Å². The molecule has 0 heterocycles. The monoisotopic (exact) mass is 164 g/mol. The summed E-state index contributed by atoms with van der Waals surface area (Å²) in [6.45, 7) is 11.8. The van der Waals surface area contributed by atoms with E-state index in [1.54, 1.807) is 12.2 Å². The Morgan fingerprint density at radius 1 is 1.25 bits per heavy atom. The van der Waals surface area contributed by atoms with Gasteiger partial charge in [0.15, 0.2) is 0 Å². The van der Waals surface area contributed by atoms with Gasteiger partial charge in [0.2, 0.25) is 0 Å². The molecule has 0 unspecified atom stereocenters. The minimum atomic E-state index is 0.669. The average Bonchev–Trinajstić information content (AvgIpc) is 2.04. The molecule has 0 fully saturated rings. The molecule has 12 heavy (non-hydrogen) atoms. The van der Waals surface area contributed by atoms with E-state index < -0.39 is 0 Å². The number of hydrogen-bond acceptors (Lipinski definition) is 1. The first kappa shape index (κ1) is 10.8. The highest BCUT2D eigenvalue weighted by Crippen LogP contribution is 2.10. The highest BCUT2D eigenvalue weighted by molar-refractivity contribution is 5.29. The molecule has 0 aliphatic carbocycles. The van der Waals surface area contributed by atoms with Gasteiger partial charge in [0.05, 0.1) is 6.61 Å². The van der Waals surface area contributed by atoms with Crippen LogP contribution in [0.3, 0.4) is 0 Å². The van der Waals surface area contributed by atoms with E-state index in [0.29, 0.717) is 6.61 Å². The van der Waals surface area contributed by atoms with Gasteiger partial charge in [0.25, 0.3) is 0 Å². The second-order valence-corrected chi connectivity index (χ2v) is 2.29. The van der Waals surface area contributed by atoms with Crippen LogP contribution in [0.2, 0.25) is 0 Å². The van der Waals surface area contributed by atoms with E-state index in [-0.39, 0.29) is 0 Å². The summed E-state index contributed by atoms with van der Waals surface area (Å²) < 4.78 is 5.37. The minimum Gasteiger partial charge on any atom is -0.494 e. The van der Waals surface area contributed by atoms with Gasteiger partial charge in [-0.05, 0) is 25.5 Å². The van der Waals surface area contributed by atoms with Gasteiger partial charge in [0, 0.05) is 0 Å². The van der Waals surface area contributed by atoms with E-state index in [0.717, 1.165) is 11.3 Å². The molecular formula is C11H16O. The summed E-state index contributed by atoms with van der Waals surface area (Å²) in [4.78, 5) is 0. The molecule has 0 bridgehead atoms. The third-order valence-corrected chi connectivity index (χ3v) is 1.33. The summed E-state index contributed by atoms with van der Waals surface area (Å²) in [5.41, 5.74) is 1.06.